The first-order chi connectivity index (χ1) is 14.2. The third-order valence-corrected chi connectivity index (χ3v) is 5.23. The molecule has 3 aromatic rings. The van der Waals surface area contributed by atoms with Crippen LogP contribution in [0, 0.1) is 11.7 Å². The lowest BCUT2D eigenvalue weighted by Gasteiger charge is -2.22. The molecule has 0 amide bonds. The second-order valence-electron chi connectivity index (χ2n) is 7.30. The van der Waals surface area contributed by atoms with E-state index in [-0.39, 0.29) is 5.82 Å². The zero-order valence-corrected chi connectivity index (χ0v) is 16.5. The minimum Gasteiger partial charge on any atom is -0.352 e. The number of pyridine rings is 1. The summed E-state index contributed by atoms with van der Waals surface area (Å²) in [6.45, 7) is 2.59. The SMILES string of the molecule is CN=C(NCc1ccnc(-n2cccn2)c1)N1CCC(Cc2ccc(F)cc2)C1. The second-order valence-corrected chi connectivity index (χ2v) is 7.30. The van der Waals surface area contributed by atoms with Crippen molar-refractivity contribution in [2.24, 2.45) is 10.9 Å². The Balaban J connectivity index is 1.33. The topological polar surface area (TPSA) is 58.3 Å². The highest BCUT2D eigenvalue weighted by atomic mass is 19.1. The second kappa shape index (κ2) is 8.86. The van der Waals surface area contributed by atoms with Crippen molar-refractivity contribution >= 4 is 5.96 Å². The molecule has 1 fully saturated rings. The van der Waals surface area contributed by atoms with Crippen molar-refractivity contribution < 1.29 is 4.39 Å². The van der Waals surface area contributed by atoms with Crippen LogP contribution in [0.1, 0.15) is 17.5 Å². The lowest BCUT2D eigenvalue weighted by atomic mass is 9.99. The highest BCUT2D eigenvalue weighted by Crippen LogP contribution is 2.21. The van der Waals surface area contributed by atoms with Crippen LogP contribution in [0.3, 0.4) is 0 Å². The lowest BCUT2D eigenvalue weighted by molar-refractivity contribution is 0.459. The average molecular weight is 392 g/mol. The molecule has 150 valence electrons. The molecule has 29 heavy (non-hydrogen) atoms. The molecule has 0 saturated carbocycles. The number of hydrogen-bond donors (Lipinski definition) is 1. The summed E-state index contributed by atoms with van der Waals surface area (Å²) in [5, 5.41) is 7.69. The Morgan fingerprint density at radius 2 is 2.07 bits per heavy atom. The van der Waals surface area contributed by atoms with Crippen molar-refractivity contribution in [3.05, 3.63) is 78.0 Å². The summed E-state index contributed by atoms with van der Waals surface area (Å²) in [7, 11) is 1.82. The van der Waals surface area contributed by atoms with E-state index >= 15 is 0 Å². The Labute approximate surface area is 170 Å². The quantitative estimate of drug-likeness (QED) is 0.536. The van der Waals surface area contributed by atoms with E-state index in [0.717, 1.165) is 43.3 Å². The van der Waals surface area contributed by atoms with Crippen molar-refractivity contribution in [2.45, 2.75) is 19.4 Å². The molecule has 1 aliphatic heterocycles. The van der Waals surface area contributed by atoms with Crippen LogP contribution in [-0.4, -0.2) is 45.8 Å². The van der Waals surface area contributed by atoms with Crippen LogP contribution < -0.4 is 5.32 Å². The molecule has 2 aromatic heterocycles. The molecule has 0 spiro atoms. The van der Waals surface area contributed by atoms with Crippen molar-refractivity contribution in [1.82, 2.24) is 25.0 Å². The van der Waals surface area contributed by atoms with Crippen molar-refractivity contribution in [1.29, 1.82) is 0 Å². The number of nitrogens with zero attached hydrogens (tertiary/aromatic N) is 5. The smallest absolute Gasteiger partial charge is 0.193 e. The highest BCUT2D eigenvalue weighted by Gasteiger charge is 2.25. The van der Waals surface area contributed by atoms with Crippen LogP contribution in [0.4, 0.5) is 4.39 Å². The normalized spacial score (nSPS) is 17.0. The van der Waals surface area contributed by atoms with Gasteiger partial charge in [0.15, 0.2) is 11.8 Å². The number of halogens is 1. The fraction of sp³-hybridized carbons (Fsp3) is 0.318. The summed E-state index contributed by atoms with van der Waals surface area (Å²) >= 11 is 0. The maximum Gasteiger partial charge on any atom is 0.193 e. The van der Waals surface area contributed by atoms with Gasteiger partial charge in [-0.15, -0.1) is 0 Å². The van der Waals surface area contributed by atoms with Gasteiger partial charge in [0.1, 0.15) is 5.82 Å². The molecule has 3 heterocycles. The Bertz CT molecular complexity index is 952. The van der Waals surface area contributed by atoms with Gasteiger partial charge < -0.3 is 10.2 Å². The largest absolute Gasteiger partial charge is 0.352 e. The van der Waals surface area contributed by atoms with Gasteiger partial charge >= 0.3 is 0 Å². The number of aromatic nitrogens is 3. The van der Waals surface area contributed by atoms with Crippen molar-refractivity contribution in [3.63, 3.8) is 0 Å². The molecule has 1 saturated heterocycles. The number of aliphatic imine (C=N–C) groups is 1. The fourth-order valence-corrected chi connectivity index (χ4v) is 3.76. The van der Waals surface area contributed by atoms with E-state index in [2.05, 4.69) is 25.3 Å². The molecule has 4 rings (SSSR count). The van der Waals surface area contributed by atoms with Crippen LogP contribution >= 0.6 is 0 Å². The van der Waals surface area contributed by atoms with Gasteiger partial charge in [-0.05, 0) is 60.2 Å². The minimum absolute atomic E-state index is 0.182. The average Bonchev–Trinajstić information content (AvgIpc) is 3.43. The third-order valence-electron chi connectivity index (χ3n) is 5.23. The minimum atomic E-state index is -0.182. The number of likely N-dealkylation sites (tertiary alicyclic amines) is 1. The molecule has 0 bridgehead atoms. The predicted molar refractivity (Wildman–Crippen MR) is 111 cm³/mol. The van der Waals surface area contributed by atoms with Crippen LogP contribution in [0.2, 0.25) is 0 Å². The first-order valence-corrected chi connectivity index (χ1v) is 9.86. The molecule has 0 aliphatic carbocycles. The zero-order valence-electron chi connectivity index (χ0n) is 16.5. The standard InChI is InChI=1S/C22H25FN6/c1-24-22(26-15-18-7-10-25-21(14-18)29-11-2-9-27-29)28-12-8-19(16-28)13-17-3-5-20(23)6-4-17/h2-7,9-11,14,19H,8,12-13,15-16H2,1H3,(H,24,26). The molecular weight excluding hydrogens is 367 g/mol. The van der Waals surface area contributed by atoms with Gasteiger partial charge in [-0.25, -0.2) is 14.1 Å². The van der Waals surface area contributed by atoms with Gasteiger partial charge in [0.25, 0.3) is 0 Å². The van der Waals surface area contributed by atoms with Crippen LogP contribution in [0.15, 0.2) is 66.0 Å². The Kier molecular flexibility index (Phi) is 5.84. The maximum atomic E-state index is 13.1. The summed E-state index contributed by atoms with van der Waals surface area (Å²) in [6.07, 6.45) is 7.49. The lowest BCUT2D eigenvalue weighted by Crippen LogP contribution is -2.39. The number of hydrogen-bond acceptors (Lipinski definition) is 3. The van der Waals surface area contributed by atoms with Gasteiger partial charge in [0, 0.05) is 45.3 Å². The van der Waals surface area contributed by atoms with E-state index < -0.39 is 0 Å². The molecule has 6 nitrogen and oxygen atoms in total. The monoisotopic (exact) mass is 392 g/mol. The molecule has 1 aromatic carbocycles. The molecule has 1 atom stereocenters. The van der Waals surface area contributed by atoms with Gasteiger partial charge in [-0.1, -0.05) is 12.1 Å². The number of benzene rings is 1. The third kappa shape index (κ3) is 4.80. The number of nitrogens with one attached hydrogen (secondary N) is 1. The molecule has 1 unspecified atom stereocenters. The van der Waals surface area contributed by atoms with E-state index in [0.29, 0.717) is 12.5 Å². The van der Waals surface area contributed by atoms with E-state index in [9.17, 15) is 4.39 Å². The summed E-state index contributed by atoms with van der Waals surface area (Å²) in [5.74, 6) is 2.07. The van der Waals surface area contributed by atoms with E-state index in [4.69, 9.17) is 0 Å². The first kappa shape index (κ1) is 19.1. The van der Waals surface area contributed by atoms with Gasteiger partial charge in [-0.3, -0.25) is 4.99 Å². The van der Waals surface area contributed by atoms with E-state index in [1.165, 1.54) is 17.7 Å². The summed E-state index contributed by atoms with van der Waals surface area (Å²) in [5.41, 5.74) is 2.30. The summed E-state index contributed by atoms with van der Waals surface area (Å²) in [4.78, 5) is 11.1. The van der Waals surface area contributed by atoms with Gasteiger partial charge in [-0.2, -0.15) is 5.10 Å². The summed E-state index contributed by atoms with van der Waals surface area (Å²) < 4.78 is 14.9. The Morgan fingerprint density at radius 1 is 1.21 bits per heavy atom. The molecule has 0 radical (unpaired) electrons. The Morgan fingerprint density at radius 3 is 2.83 bits per heavy atom. The molecule has 1 aliphatic rings. The van der Waals surface area contributed by atoms with E-state index in [1.807, 2.05) is 43.6 Å². The van der Waals surface area contributed by atoms with Crippen molar-refractivity contribution in [3.8, 4) is 5.82 Å². The maximum absolute atomic E-state index is 13.1. The molecule has 7 heteroatoms. The van der Waals surface area contributed by atoms with Crippen molar-refractivity contribution in [2.75, 3.05) is 20.1 Å². The van der Waals surface area contributed by atoms with Crippen LogP contribution in [0.5, 0.6) is 0 Å². The fourth-order valence-electron chi connectivity index (χ4n) is 3.76. The summed E-state index contributed by atoms with van der Waals surface area (Å²) in [6, 6.07) is 12.7. The predicted octanol–water partition coefficient (Wildman–Crippen LogP) is 3.05. The zero-order chi connectivity index (χ0) is 20.1. The number of rotatable bonds is 5. The van der Waals surface area contributed by atoms with Gasteiger partial charge in [0.2, 0.25) is 0 Å². The van der Waals surface area contributed by atoms with Crippen LogP contribution in [0.25, 0.3) is 5.82 Å². The van der Waals surface area contributed by atoms with E-state index in [1.54, 1.807) is 17.1 Å². The Hall–Kier alpha value is -3.22. The molecule has 1 N–H and O–H groups in total. The first-order valence-electron chi connectivity index (χ1n) is 9.86. The number of guanidine groups is 1. The van der Waals surface area contributed by atoms with Gasteiger partial charge in [0.05, 0.1) is 0 Å². The van der Waals surface area contributed by atoms with Crippen LogP contribution in [-0.2, 0) is 13.0 Å². The highest BCUT2D eigenvalue weighted by molar-refractivity contribution is 5.80. The molecular formula is C22H25FN6.